The molecule has 0 radical (unpaired) electrons. The maximum atomic E-state index is 12.1. The number of aliphatic hydroxyl groups is 1. The predicted octanol–water partition coefficient (Wildman–Crippen LogP) is 7.19. The van der Waals surface area contributed by atoms with Crippen molar-refractivity contribution in [2.45, 2.75) is 31.5 Å². The van der Waals surface area contributed by atoms with Crippen molar-refractivity contribution in [1.29, 1.82) is 0 Å². The third-order valence-corrected chi connectivity index (χ3v) is 9.40. The summed E-state index contributed by atoms with van der Waals surface area (Å²) in [5.41, 5.74) is 3.37. The van der Waals surface area contributed by atoms with Crippen molar-refractivity contribution < 1.29 is 9.59 Å². The van der Waals surface area contributed by atoms with Gasteiger partial charge in [0, 0.05) is 35.9 Å². The van der Waals surface area contributed by atoms with Crippen molar-refractivity contribution in [1.82, 2.24) is 4.98 Å². The van der Waals surface area contributed by atoms with Crippen molar-refractivity contribution in [2.75, 3.05) is 13.1 Å². The highest BCUT2D eigenvalue weighted by molar-refractivity contribution is 6.02. The van der Waals surface area contributed by atoms with Crippen molar-refractivity contribution in [3.8, 4) is 0 Å². The molecule has 4 heterocycles. The normalized spacial score (nSPS) is 26.0. The van der Waals surface area contributed by atoms with Crippen LogP contribution in [0.15, 0.2) is 104 Å². The Bertz CT molecular complexity index is 1580. The molecule has 1 N–H and O–H groups in total. The SMILES string of the molecule is C=C[C@@H]1C[N@+]2(Cc3c4ccccc4cc4ccccc34)CC[C@H]1C[C@H]2[C@H](O)c1ccnc2ccccc12. The van der Waals surface area contributed by atoms with E-state index in [2.05, 4.69) is 78.3 Å². The number of hydrogen-bond acceptors (Lipinski definition) is 2. The van der Waals surface area contributed by atoms with E-state index in [1.807, 2.05) is 30.5 Å². The fraction of sp³-hybridized carbons (Fsp3) is 0.265. The van der Waals surface area contributed by atoms with Gasteiger partial charge < -0.3 is 9.59 Å². The predicted molar refractivity (Wildman–Crippen MR) is 152 cm³/mol. The largest absolute Gasteiger partial charge is 0.382 e. The molecule has 1 aromatic heterocycles. The van der Waals surface area contributed by atoms with Crippen LogP contribution in [0, 0.1) is 11.8 Å². The number of fused-ring (bicyclic) bond motifs is 6. The summed E-state index contributed by atoms with van der Waals surface area (Å²) in [7, 11) is 0. The lowest BCUT2D eigenvalue weighted by Crippen LogP contribution is -2.67. The van der Waals surface area contributed by atoms with Crippen LogP contribution in [0.3, 0.4) is 0 Å². The van der Waals surface area contributed by atoms with Crippen molar-refractivity contribution in [3.05, 3.63) is 115 Å². The third-order valence-electron chi connectivity index (χ3n) is 9.40. The number of aliphatic hydroxyl groups excluding tert-OH is 1. The summed E-state index contributed by atoms with van der Waals surface area (Å²) in [4.78, 5) is 4.57. The van der Waals surface area contributed by atoms with E-state index in [-0.39, 0.29) is 6.04 Å². The van der Waals surface area contributed by atoms with Gasteiger partial charge >= 0.3 is 0 Å². The van der Waals surface area contributed by atoms with Crippen LogP contribution in [-0.4, -0.2) is 33.7 Å². The Kier molecular flexibility index (Phi) is 5.38. The Labute approximate surface area is 218 Å². The molecule has 3 nitrogen and oxygen atoms in total. The van der Waals surface area contributed by atoms with Gasteiger partial charge in [0.05, 0.1) is 18.6 Å². The summed E-state index contributed by atoms with van der Waals surface area (Å²) in [6.45, 7) is 7.28. The van der Waals surface area contributed by atoms with E-state index in [1.165, 1.54) is 33.5 Å². The van der Waals surface area contributed by atoms with Gasteiger partial charge in [-0.2, -0.15) is 0 Å². The van der Waals surface area contributed by atoms with Gasteiger partial charge in [0.1, 0.15) is 18.7 Å². The first-order chi connectivity index (χ1) is 18.2. The molecular weight excluding hydrogens is 452 g/mol. The third kappa shape index (κ3) is 3.60. The van der Waals surface area contributed by atoms with Crippen molar-refractivity contribution in [3.63, 3.8) is 0 Å². The van der Waals surface area contributed by atoms with E-state index in [0.717, 1.165) is 47.0 Å². The molecule has 0 saturated carbocycles. The lowest BCUT2D eigenvalue weighted by atomic mass is 9.71. The number of hydrogen-bond donors (Lipinski definition) is 1. The smallest absolute Gasteiger partial charge is 0.131 e. The maximum Gasteiger partial charge on any atom is 0.131 e. The maximum absolute atomic E-state index is 12.1. The van der Waals surface area contributed by atoms with E-state index < -0.39 is 6.10 Å². The van der Waals surface area contributed by atoms with Crippen LogP contribution in [0.1, 0.15) is 30.1 Å². The molecule has 37 heavy (non-hydrogen) atoms. The molecule has 3 aliphatic heterocycles. The Hall–Kier alpha value is -3.53. The topological polar surface area (TPSA) is 33.1 Å². The molecule has 2 bridgehead atoms. The lowest BCUT2D eigenvalue weighted by Gasteiger charge is -2.58. The highest BCUT2D eigenvalue weighted by Gasteiger charge is 2.54. The summed E-state index contributed by atoms with van der Waals surface area (Å²) in [6.07, 6.45) is 5.72. The van der Waals surface area contributed by atoms with Gasteiger partial charge in [0.25, 0.3) is 0 Å². The molecule has 3 heteroatoms. The zero-order chi connectivity index (χ0) is 25.0. The molecule has 0 unspecified atom stereocenters. The zero-order valence-electron chi connectivity index (χ0n) is 21.1. The minimum atomic E-state index is -0.539. The van der Waals surface area contributed by atoms with Gasteiger partial charge in [0.15, 0.2) is 0 Å². The number of quaternary nitrogens is 1. The first kappa shape index (κ1) is 22.7. The summed E-state index contributed by atoms with van der Waals surface area (Å²) < 4.78 is 0.906. The molecule has 0 spiro atoms. The fourth-order valence-electron chi connectivity index (χ4n) is 7.56. The first-order valence-electron chi connectivity index (χ1n) is 13.6. The average molecular weight is 486 g/mol. The molecule has 3 fully saturated rings. The second kappa shape index (κ2) is 8.79. The molecule has 184 valence electrons. The molecule has 3 saturated heterocycles. The molecule has 5 aromatic rings. The van der Waals surface area contributed by atoms with Gasteiger partial charge in [-0.3, -0.25) is 4.98 Å². The van der Waals surface area contributed by atoms with E-state index in [4.69, 9.17) is 0 Å². The average Bonchev–Trinajstić information content (AvgIpc) is 2.96. The summed E-state index contributed by atoms with van der Waals surface area (Å²) in [6, 6.07) is 30.3. The standard InChI is InChI=1S/C34H33N2O/c1-2-23-21-36(22-31-27-11-5-3-9-25(27)19-26-10-4-6-12-28(26)31)18-16-24(23)20-33(36)34(37)30-15-17-35-32-14-8-7-13-29(30)32/h2-15,17,19,23-24,33-34,37H,1,16,18,20-22H2/q+1/t23-,24+,33+,34-,36+/m1/s1. The molecule has 0 aliphatic carbocycles. The minimum absolute atomic E-state index is 0.137. The van der Waals surface area contributed by atoms with E-state index in [9.17, 15) is 5.11 Å². The van der Waals surface area contributed by atoms with Gasteiger partial charge in [-0.15, -0.1) is 6.58 Å². The summed E-state index contributed by atoms with van der Waals surface area (Å²) in [5, 5.41) is 18.4. The first-order valence-corrected chi connectivity index (χ1v) is 13.6. The Balaban J connectivity index is 1.39. The van der Waals surface area contributed by atoms with Crippen molar-refractivity contribution in [2.24, 2.45) is 11.8 Å². The highest BCUT2D eigenvalue weighted by Crippen LogP contribution is 2.49. The van der Waals surface area contributed by atoms with Crippen LogP contribution < -0.4 is 0 Å². The van der Waals surface area contributed by atoms with Crippen molar-refractivity contribution >= 4 is 32.4 Å². The van der Waals surface area contributed by atoms with Crippen LogP contribution in [-0.2, 0) is 6.54 Å². The summed E-state index contributed by atoms with van der Waals surface area (Å²) in [5.74, 6) is 1.09. The lowest BCUT2D eigenvalue weighted by molar-refractivity contribution is -0.984. The number of pyridine rings is 1. The van der Waals surface area contributed by atoms with Crippen LogP contribution in [0.5, 0.6) is 0 Å². The van der Waals surface area contributed by atoms with E-state index in [0.29, 0.717) is 11.8 Å². The van der Waals surface area contributed by atoms with E-state index in [1.54, 1.807) is 0 Å². The molecule has 8 rings (SSSR count). The van der Waals surface area contributed by atoms with Gasteiger partial charge in [-0.1, -0.05) is 72.8 Å². The Morgan fingerprint density at radius 2 is 1.59 bits per heavy atom. The molecule has 3 aliphatic rings. The van der Waals surface area contributed by atoms with Crippen LogP contribution >= 0.6 is 0 Å². The summed E-state index contributed by atoms with van der Waals surface area (Å²) >= 11 is 0. The molecule has 5 atom stereocenters. The number of para-hydroxylation sites is 1. The number of aromatic nitrogens is 1. The fourth-order valence-corrected chi connectivity index (χ4v) is 7.56. The molecular formula is C34H33N2O+. The van der Waals surface area contributed by atoms with Crippen LogP contribution in [0.4, 0.5) is 0 Å². The van der Waals surface area contributed by atoms with Crippen LogP contribution in [0.2, 0.25) is 0 Å². The second-order valence-electron chi connectivity index (χ2n) is 11.2. The van der Waals surface area contributed by atoms with Gasteiger partial charge in [-0.25, -0.2) is 0 Å². The minimum Gasteiger partial charge on any atom is -0.382 e. The number of nitrogens with zero attached hydrogens (tertiary/aromatic N) is 2. The quantitative estimate of drug-likeness (QED) is 0.162. The van der Waals surface area contributed by atoms with Gasteiger partial charge in [-0.05, 0) is 51.2 Å². The highest BCUT2D eigenvalue weighted by atomic mass is 16.3. The van der Waals surface area contributed by atoms with Gasteiger partial charge in [0.2, 0.25) is 0 Å². The zero-order valence-corrected chi connectivity index (χ0v) is 21.1. The monoisotopic (exact) mass is 485 g/mol. The Morgan fingerprint density at radius 1 is 0.919 bits per heavy atom. The molecule has 0 amide bonds. The molecule has 4 aromatic carbocycles. The number of benzene rings is 4. The van der Waals surface area contributed by atoms with E-state index >= 15 is 0 Å². The van der Waals surface area contributed by atoms with Crippen LogP contribution in [0.25, 0.3) is 32.4 Å². The Morgan fingerprint density at radius 3 is 2.32 bits per heavy atom. The second-order valence-corrected chi connectivity index (χ2v) is 11.2. The number of rotatable bonds is 5. The number of piperidine rings is 3.